The number of rotatable bonds is 4. The van der Waals surface area contributed by atoms with Crippen LogP contribution < -0.4 is 0 Å². The Kier molecular flexibility index (Phi) is 5.68. The third-order valence-electron chi connectivity index (χ3n) is 5.12. The van der Waals surface area contributed by atoms with E-state index in [9.17, 15) is 4.39 Å². The molecule has 0 unspecified atom stereocenters. The topological polar surface area (TPSA) is 9.23 Å². The second-order valence-electron chi connectivity index (χ2n) is 6.23. The summed E-state index contributed by atoms with van der Waals surface area (Å²) in [5, 5.41) is 0. The average Bonchev–Trinajstić information content (AvgIpc) is 2.41. The molecule has 2 rings (SSSR count). The largest absolute Gasteiger partial charge is 0.384 e. The zero-order valence-corrected chi connectivity index (χ0v) is 11.6. The third-order valence-corrected chi connectivity index (χ3v) is 5.12. The Bertz CT molecular complexity index is 248. The molecule has 0 bridgehead atoms. The second kappa shape index (κ2) is 7.28. The van der Waals surface area contributed by atoms with Crippen LogP contribution in [0.15, 0.2) is 12.4 Å². The molecule has 1 nitrogen and oxygen atoms in total. The van der Waals surface area contributed by atoms with Crippen LogP contribution in [0.1, 0.15) is 51.4 Å². The molecule has 0 aromatic rings. The lowest BCUT2D eigenvalue weighted by molar-refractivity contribution is 0.0957. The lowest BCUT2D eigenvalue weighted by Crippen LogP contribution is -2.26. The summed E-state index contributed by atoms with van der Waals surface area (Å²) in [5.41, 5.74) is 0. The van der Waals surface area contributed by atoms with E-state index in [-0.39, 0.29) is 0 Å². The van der Waals surface area contributed by atoms with E-state index >= 15 is 0 Å². The van der Waals surface area contributed by atoms with Crippen LogP contribution in [0.25, 0.3) is 0 Å². The van der Waals surface area contributed by atoms with Gasteiger partial charge in [-0.25, -0.2) is 4.39 Å². The molecule has 2 aliphatic carbocycles. The van der Waals surface area contributed by atoms with Crippen molar-refractivity contribution in [3.8, 4) is 0 Å². The highest BCUT2D eigenvalue weighted by atomic mass is 19.1. The maximum absolute atomic E-state index is 12.2. The highest BCUT2D eigenvalue weighted by Crippen LogP contribution is 2.41. The molecule has 0 atom stereocenters. The fourth-order valence-corrected chi connectivity index (χ4v) is 3.97. The van der Waals surface area contributed by atoms with Gasteiger partial charge >= 0.3 is 0 Å². The van der Waals surface area contributed by atoms with Crippen LogP contribution in [0.2, 0.25) is 0 Å². The molecule has 0 saturated heterocycles. The van der Waals surface area contributed by atoms with Gasteiger partial charge in [-0.1, -0.05) is 6.08 Å². The van der Waals surface area contributed by atoms with E-state index in [1.165, 1.54) is 51.4 Å². The molecular weight excluding hydrogens is 227 g/mol. The van der Waals surface area contributed by atoms with Gasteiger partial charge < -0.3 is 4.74 Å². The van der Waals surface area contributed by atoms with Crippen molar-refractivity contribution >= 4 is 0 Å². The van der Waals surface area contributed by atoms with Crippen LogP contribution >= 0.6 is 0 Å². The van der Waals surface area contributed by atoms with E-state index in [4.69, 9.17) is 4.74 Å². The highest BCUT2D eigenvalue weighted by Gasteiger charge is 2.30. The van der Waals surface area contributed by atoms with Crippen molar-refractivity contribution in [2.45, 2.75) is 51.4 Å². The molecule has 2 saturated carbocycles. The zero-order valence-electron chi connectivity index (χ0n) is 11.6. The number of allylic oxidation sites excluding steroid dienone is 1. The van der Waals surface area contributed by atoms with Crippen molar-refractivity contribution in [2.24, 2.45) is 23.7 Å². The summed E-state index contributed by atoms with van der Waals surface area (Å²) in [6.07, 6.45) is 13.0. The van der Waals surface area contributed by atoms with Gasteiger partial charge in [-0.05, 0) is 75.0 Å². The third kappa shape index (κ3) is 3.81. The van der Waals surface area contributed by atoms with Crippen LogP contribution in [0, 0.1) is 23.7 Å². The number of halogens is 1. The lowest BCUT2D eigenvalue weighted by atomic mass is 9.69. The van der Waals surface area contributed by atoms with Crippen molar-refractivity contribution in [1.29, 1.82) is 0 Å². The van der Waals surface area contributed by atoms with Gasteiger partial charge in [-0.3, -0.25) is 0 Å². The first-order valence-electron chi connectivity index (χ1n) is 7.59. The van der Waals surface area contributed by atoms with Gasteiger partial charge in [0.2, 0.25) is 0 Å². The molecule has 0 amide bonds. The molecule has 2 fully saturated rings. The molecule has 0 heterocycles. The van der Waals surface area contributed by atoms with Gasteiger partial charge in [0.1, 0.15) is 0 Å². The molecule has 0 aliphatic heterocycles. The summed E-state index contributed by atoms with van der Waals surface area (Å²) < 4.78 is 17.4. The van der Waals surface area contributed by atoms with Crippen LogP contribution in [0.5, 0.6) is 0 Å². The van der Waals surface area contributed by atoms with E-state index in [0.29, 0.717) is 5.92 Å². The first-order chi connectivity index (χ1) is 8.83. The molecule has 0 N–H and O–H groups in total. The van der Waals surface area contributed by atoms with Gasteiger partial charge in [0.15, 0.2) is 0 Å². The molecular formula is C16H27FO. The fraction of sp³-hybridized carbons (Fsp3) is 0.875. The van der Waals surface area contributed by atoms with Gasteiger partial charge in [0, 0.05) is 13.7 Å². The molecule has 2 heteroatoms. The minimum absolute atomic E-state index is 0.510. The second-order valence-corrected chi connectivity index (χ2v) is 6.23. The molecule has 0 aromatic carbocycles. The molecule has 0 spiro atoms. The van der Waals surface area contributed by atoms with E-state index in [1.54, 1.807) is 6.08 Å². The van der Waals surface area contributed by atoms with Crippen molar-refractivity contribution in [2.75, 3.05) is 13.7 Å². The van der Waals surface area contributed by atoms with Crippen LogP contribution in [0.4, 0.5) is 4.39 Å². The van der Waals surface area contributed by atoms with Gasteiger partial charge in [-0.2, -0.15) is 0 Å². The zero-order chi connectivity index (χ0) is 12.8. The van der Waals surface area contributed by atoms with Gasteiger partial charge in [0.25, 0.3) is 0 Å². The number of hydrogen-bond acceptors (Lipinski definition) is 1. The Balaban J connectivity index is 1.71. The molecule has 104 valence electrons. The van der Waals surface area contributed by atoms with Gasteiger partial charge in [0.05, 0.1) is 6.33 Å². The minimum atomic E-state index is 0.510. The number of ether oxygens (including phenoxy) is 1. The standard InChI is InChI=1S/C16H27FO/c1-18-12-14-4-8-16(9-5-14)15-6-2-13(3-7-15)10-11-17/h10-11,13-16H,2-9,12H2,1H3/t13-,14-,15-,16-. The summed E-state index contributed by atoms with van der Waals surface area (Å²) >= 11 is 0. The smallest absolute Gasteiger partial charge is 0.0829 e. The Morgan fingerprint density at radius 2 is 1.50 bits per heavy atom. The fourth-order valence-electron chi connectivity index (χ4n) is 3.97. The molecule has 0 aromatic heterocycles. The summed E-state index contributed by atoms with van der Waals surface area (Å²) in [5.74, 6) is 3.17. The van der Waals surface area contributed by atoms with E-state index in [1.807, 2.05) is 7.11 Å². The maximum atomic E-state index is 12.2. The average molecular weight is 254 g/mol. The van der Waals surface area contributed by atoms with E-state index < -0.39 is 0 Å². The molecule has 2 aliphatic rings. The van der Waals surface area contributed by atoms with Crippen LogP contribution in [0.3, 0.4) is 0 Å². The first-order valence-corrected chi connectivity index (χ1v) is 7.59. The normalized spacial score (nSPS) is 38.1. The molecule has 18 heavy (non-hydrogen) atoms. The minimum Gasteiger partial charge on any atom is -0.384 e. The monoisotopic (exact) mass is 254 g/mol. The van der Waals surface area contributed by atoms with Crippen molar-refractivity contribution in [3.05, 3.63) is 12.4 Å². The first kappa shape index (κ1) is 14.0. The van der Waals surface area contributed by atoms with E-state index in [0.717, 1.165) is 30.7 Å². The Morgan fingerprint density at radius 1 is 0.944 bits per heavy atom. The SMILES string of the molecule is COC[C@H]1CC[C@H]([C@H]2CC[C@H](C=CF)CC2)CC1. The Morgan fingerprint density at radius 3 is 2.00 bits per heavy atom. The van der Waals surface area contributed by atoms with Gasteiger partial charge in [-0.15, -0.1) is 0 Å². The summed E-state index contributed by atoms with van der Waals surface area (Å²) in [4.78, 5) is 0. The Hall–Kier alpha value is -0.370. The number of hydrogen-bond donors (Lipinski definition) is 0. The maximum Gasteiger partial charge on any atom is 0.0829 e. The van der Waals surface area contributed by atoms with Crippen molar-refractivity contribution in [3.63, 3.8) is 0 Å². The summed E-state index contributed by atoms with van der Waals surface area (Å²) in [6, 6.07) is 0. The summed E-state index contributed by atoms with van der Waals surface area (Å²) in [6.45, 7) is 0.945. The van der Waals surface area contributed by atoms with Crippen LogP contribution in [-0.2, 0) is 4.74 Å². The van der Waals surface area contributed by atoms with Crippen LogP contribution in [-0.4, -0.2) is 13.7 Å². The van der Waals surface area contributed by atoms with Crippen molar-refractivity contribution in [1.82, 2.24) is 0 Å². The quantitative estimate of drug-likeness (QED) is 0.704. The predicted molar refractivity (Wildman–Crippen MR) is 73.0 cm³/mol. The Labute approximate surface area is 111 Å². The summed E-state index contributed by atoms with van der Waals surface area (Å²) in [7, 11) is 1.81. The highest BCUT2D eigenvalue weighted by molar-refractivity contribution is 4.89. The lowest BCUT2D eigenvalue weighted by Gasteiger charge is -2.37. The number of methoxy groups -OCH3 is 1. The van der Waals surface area contributed by atoms with E-state index in [2.05, 4.69) is 0 Å². The predicted octanol–water partition coefficient (Wildman–Crippen LogP) is 4.73. The molecule has 0 radical (unpaired) electrons. The van der Waals surface area contributed by atoms with Crippen molar-refractivity contribution < 1.29 is 9.13 Å².